The molecule has 1 aliphatic heterocycles. The Bertz CT molecular complexity index is 688. The smallest absolute Gasteiger partial charge is 0.317 e. The predicted octanol–water partition coefficient (Wildman–Crippen LogP) is 2.16. The molecule has 9 heteroatoms. The minimum Gasteiger partial charge on any atom is -0.480 e. The third-order valence-corrected chi connectivity index (χ3v) is 6.56. The van der Waals surface area contributed by atoms with Gasteiger partial charge in [0.25, 0.3) is 0 Å². The fourth-order valence-electron chi connectivity index (χ4n) is 2.69. The summed E-state index contributed by atoms with van der Waals surface area (Å²) < 4.78 is 26.7. The summed E-state index contributed by atoms with van der Waals surface area (Å²) in [7, 11) is -1.94. The van der Waals surface area contributed by atoms with Crippen molar-refractivity contribution in [2.24, 2.45) is 0 Å². The Balaban J connectivity index is 2.08. The summed E-state index contributed by atoms with van der Waals surface area (Å²) in [5.74, 6) is -0.893. The molecule has 1 aromatic carbocycles. The number of rotatable bonds is 5. The van der Waals surface area contributed by atoms with Crippen LogP contribution in [0, 0.1) is 0 Å². The lowest BCUT2D eigenvalue weighted by atomic mass is 10.1. The van der Waals surface area contributed by atoms with E-state index in [4.69, 9.17) is 28.3 Å². The van der Waals surface area contributed by atoms with E-state index in [9.17, 15) is 13.2 Å². The lowest BCUT2D eigenvalue weighted by molar-refractivity contribution is -0.138. The summed E-state index contributed by atoms with van der Waals surface area (Å²) in [6.07, 6.45) is 1.16. The number of halogens is 2. The summed E-state index contributed by atoms with van der Waals surface area (Å²) >= 11 is 11.8. The largest absolute Gasteiger partial charge is 0.480 e. The number of sulfonamides is 1. The van der Waals surface area contributed by atoms with Crippen molar-refractivity contribution >= 4 is 39.2 Å². The van der Waals surface area contributed by atoms with Gasteiger partial charge in [-0.3, -0.25) is 9.69 Å². The highest BCUT2D eigenvalue weighted by Crippen LogP contribution is 2.29. The zero-order valence-electron chi connectivity index (χ0n) is 12.6. The first-order chi connectivity index (χ1) is 10.7. The molecule has 1 saturated heterocycles. The standard InChI is InChI=1S/C14H18Cl2N2O4S/c1-17(9-14(19)20)11-4-6-18(7-5-11)23(21,22)13-3-2-10(15)8-12(13)16/h2-3,8,11H,4-7,9H2,1H3,(H,19,20). The first-order valence-corrected chi connectivity index (χ1v) is 9.28. The molecule has 1 aromatic rings. The third kappa shape index (κ3) is 4.36. The minimum atomic E-state index is -3.67. The molecule has 0 saturated carbocycles. The number of likely N-dealkylation sites (N-methyl/N-ethyl adjacent to an activating group) is 1. The zero-order chi connectivity index (χ0) is 17.2. The SMILES string of the molecule is CN(CC(=O)O)C1CCN(S(=O)(=O)c2ccc(Cl)cc2Cl)CC1. The number of hydrogen-bond acceptors (Lipinski definition) is 4. The first kappa shape index (κ1) is 18.5. The Labute approximate surface area is 145 Å². The first-order valence-electron chi connectivity index (χ1n) is 7.09. The molecule has 1 fully saturated rings. The van der Waals surface area contributed by atoms with Crippen LogP contribution >= 0.6 is 23.2 Å². The molecular weight excluding hydrogens is 363 g/mol. The second-order valence-electron chi connectivity index (χ2n) is 5.52. The molecule has 0 bridgehead atoms. The van der Waals surface area contributed by atoms with Gasteiger partial charge in [-0.2, -0.15) is 4.31 Å². The number of benzene rings is 1. The quantitative estimate of drug-likeness (QED) is 0.846. The zero-order valence-corrected chi connectivity index (χ0v) is 14.9. The second-order valence-corrected chi connectivity index (χ2v) is 8.27. The van der Waals surface area contributed by atoms with Crippen LogP contribution < -0.4 is 0 Å². The van der Waals surface area contributed by atoms with Crippen molar-refractivity contribution in [3.63, 3.8) is 0 Å². The van der Waals surface area contributed by atoms with Crippen molar-refractivity contribution in [2.75, 3.05) is 26.7 Å². The fourth-order valence-corrected chi connectivity index (χ4v) is 4.91. The van der Waals surface area contributed by atoms with E-state index in [0.717, 1.165) is 0 Å². The molecule has 1 N–H and O–H groups in total. The van der Waals surface area contributed by atoms with Crippen LogP contribution in [0.3, 0.4) is 0 Å². The number of nitrogens with zero attached hydrogens (tertiary/aromatic N) is 2. The molecule has 0 unspecified atom stereocenters. The van der Waals surface area contributed by atoms with Crippen molar-refractivity contribution < 1.29 is 18.3 Å². The normalized spacial score (nSPS) is 17.6. The second kappa shape index (κ2) is 7.36. The molecule has 6 nitrogen and oxygen atoms in total. The molecule has 1 heterocycles. The van der Waals surface area contributed by atoms with Gasteiger partial charge in [0.05, 0.1) is 11.6 Å². The van der Waals surface area contributed by atoms with Crippen LogP contribution in [0.5, 0.6) is 0 Å². The summed E-state index contributed by atoms with van der Waals surface area (Å²) in [5.41, 5.74) is 0. The molecule has 128 valence electrons. The van der Waals surface area contributed by atoms with Crippen LogP contribution in [-0.4, -0.2) is 61.4 Å². The Kier molecular flexibility index (Phi) is 5.91. The maximum absolute atomic E-state index is 12.7. The van der Waals surface area contributed by atoms with E-state index in [1.807, 2.05) is 0 Å². The van der Waals surface area contributed by atoms with Gasteiger partial charge in [-0.15, -0.1) is 0 Å². The van der Waals surface area contributed by atoms with Gasteiger partial charge in [-0.25, -0.2) is 8.42 Å². The highest BCUT2D eigenvalue weighted by atomic mass is 35.5. The van der Waals surface area contributed by atoms with Crippen LogP contribution in [0.25, 0.3) is 0 Å². The van der Waals surface area contributed by atoms with Gasteiger partial charge in [0, 0.05) is 24.2 Å². The van der Waals surface area contributed by atoms with E-state index >= 15 is 0 Å². The monoisotopic (exact) mass is 380 g/mol. The van der Waals surface area contributed by atoms with E-state index in [1.165, 1.54) is 22.5 Å². The number of piperidine rings is 1. The molecule has 23 heavy (non-hydrogen) atoms. The topological polar surface area (TPSA) is 77.9 Å². The number of carbonyl (C=O) groups is 1. The van der Waals surface area contributed by atoms with E-state index in [2.05, 4.69) is 0 Å². The number of hydrogen-bond donors (Lipinski definition) is 1. The molecule has 0 aromatic heterocycles. The molecule has 2 rings (SSSR count). The van der Waals surface area contributed by atoms with Crippen LogP contribution in [-0.2, 0) is 14.8 Å². The number of carboxylic acids is 1. The lowest BCUT2D eigenvalue weighted by Crippen LogP contribution is -2.46. The van der Waals surface area contributed by atoms with Gasteiger partial charge < -0.3 is 5.11 Å². The lowest BCUT2D eigenvalue weighted by Gasteiger charge is -2.35. The van der Waals surface area contributed by atoms with Gasteiger partial charge in [0.15, 0.2) is 0 Å². The number of aliphatic carboxylic acids is 1. The minimum absolute atomic E-state index is 0.0425. The summed E-state index contributed by atoms with van der Waals surface area (Å²) in [6.45, 7) is 0.603. The molecule has 0 aliphatic carbocycles. The molecule has 0 spiro atoms. The highest BCUT2D eigenvalue weighted by Gasteiger charge is 2.32. The van der Waals surface area contributed by atoms with E-state index in [-0.39, 0.29) is 22.5 Å². The van der Waals surface area contributed by atoms with Gasteiger partial charge in [-0.1, -0.05) is 23.2 Å². The fraction of sp³-hybridized carbons (Fsp3) is 0.500. The molecule has 0 radical (unpaired) electrons. The van der Waals surface area contributed by atoms with E-state index < -0.39 is 16.0 Å². The predicted molar refractivity (Wildman–Crippen MR) is 88.5 cm³/mol. The maximum atomic E-state index is 12.7. The van der Waals surface area contributed by atoms with E-state index in [0.29, 0.717) is 31.0 Å². The molecule has 1 aliphatic rings. The van der Waals surface area contributed by atoms with Gasteiger partial charge >= 0.3 is 5.97 Å². The average Bonchev–Trinajstić information content (AvgIpc) is 2.46. The van der Waals surface area contributed by atoms with Crippen molar-refractivity contribution in [3.05, 3.63) is 28.2 Å². The van der Waals surface area contributed by atoms with Gasteiger partial charge in [0.1, 0.15) is 4.90 Å². The Morgan fingerprint density at radius 1 is 1.35 bits per heavy atom. The van der Waals surface area contributed by atoms with Crippen molar-refractivity contribution in [1.29, 1.82) is 0 Å². The van der Waals surface area contributed by atoms with Crippen LogP contribution in [0.2, 0.25) is 10.0 Å². The Morgan fingerprint density at radius 3 is 2.48 bits per heavy atom. The van der Waals surface area contributed by atoms with Crippen molar-refractivity contribution in [1.82, 2.24) is 9.21 Å². The molecule has 0 atom stereocenters. The third-order valence-electron chi connectivity index (χ3n) is 3.94. The van der Waals surface area contributed by atoms with Crippen LogP contribution in [0.15, 0.2) is 23.1 Å². The number of carboxylic acid groups (broad SMARTS) is 1. The highest BCUT2D eigenvalue weighted by molar-refractivity contribution is 7.89. The maximum Gasteiger partial charge on any atom is 0.317 e. The van der Waals surface area contributed by atoms with Crippen molar-refractivity contribution in [3.8, 4) is 0 Å². The van der Waals surface area contributed by atoms with Crippen molar-refractivity contribution in [2.45, 2.75) is 23.8 Å². The Morgan fingerprint density at radius 2 is 1.96 bits per heavy atom. The summed E-state index contributed by atoms with van der Waals surface area (Å²) in [6, 6.07) is 4.36. The molecule has 0 amide bonds. The molecular formula is C14H18Cl2N2O4S. The van der Waals surface area contributed by atoms with Crippen LogP contribution in [0.1, 0.15) is 12.8 Å². The summed E-state index contributed by atoms with van der Waals surface area (Å²) in [5, 5.41) is 9.30. The van der Waals surface area contributed by atoms with E-state index in [1.54, 1.807) is 11.9 Å². The summed E-state index contributed by atoms with van der Waals surface area (Å²) in [4.78, 5) is 12.5. The average molecular weight is 381 g/mol. The Hall–Kier alpha value is -0.860. The van der Waals surface area contributed by atoms with Gasteiger partial charge in [0.2, 0.25) is 10.0 Å². The van der Waals surface area contributed by atoms with Gasteiger partial charge in [-0.05, 0) is 38.1 Å². The van der Waals surface area contributed by atoms with Crippen LogP contribution in [0.4, 0.5) is 0 Å².